The van der Waals surface area contributed by atoms with Crippen LogP contribution in [0.15, 0.2) is 106 Å². The Balaban J connectivity index is 1.52. The standard InChI is InChI=1S/C60H81N9O9/c1-7-10-13-16-19-22-37-76-52-31-25-46(26-32-52)64-67-55(43(4)70)58(73)61-49-40-50(62-59(74)56(44(5)71)68-65-47-27-33-53(34-28-47)77-38-23-20-17-14-11-8-2)42-51(41-49)63-60(75)57(45(6)72)69-66-48-29-35-54(36-30-48)78-39-24-21-18-15-12-9-3/h25-36,40-42,64-66H,7-24,37-39H2,1-6H3,(H,61,73)(H,62,74)(H,63,75)/b67-55-,68-56+,69-57+. The van der Waals surface area contributed by atoms with Gasteiger partial charge in [-0.25, -0.2) is 0 Å². The summed E-state index contributed by atoms with van der Waals surface area (Å²) in [5.74, 6) is -2.83. The lowest BCUT2D eigenvalue weighted by molar-refractivity contribution is -0.116. The van der Waals surface area contributed by atoms with E-state index in [-0.39, 0.29) is 17.1 Å². The van der Waals surface area contributed by atoms with E-state index in [0.717, 1.165) is 38.5 Å². The topological polar surface area (TPSA) is 239 Å². The molecule has 0 saturated carbocycles. The molecule has 4 rings (SSSR count). The van der Waals surface area contributed by atoms with E-state index in [9.17, 15) is 28.8 Å². The lowest BCUT2D eigenvalue weighted by Crippen LogP contribution is -2.31. The lowest BCUT2D eigenvalue weighted by Gasteiger charge is -2.14. The summed E-state index contributed by atoms with van der Waals surface area (Å²) in [5, 5.41) is 20.1. The average molecular weight is 1070 g/mol. The number of hydrazone groups is 3. The van der Waals surface area contributed by atoms with Crippen LogP contribution in [-0.2, 0) is 28.8 Å². The van der Waals surface area contributed by atoms with Crippen molar-refractivity contribution in [1.82, 2.24) is 0 Å². The van der Waals surface area contributed by atoms with Gasteiger partial charge < -0.3 is 30.2 Å². The van der Waals surface area contributed by atoms with Crippen LogP contribution in [0.25, 0.3) is 0 Å². The molecule has 0 heterocycles. The maximum absolute atomic E-state index is 13.8. The maximum Gasteiger partial charge on any atom is 0.279 e. The maximum atomic E-state index is 13.8. The van der Waals surface area contributed by atoms with Gasteiger partial charge in [-0.3, -0.25) is 45.0 Å². The molecule has 0 aliphatic carbocycles. The number of benzene rings is 4. The number of hydrogen-bond acceptors (Lipinski definition) is 15. The summed E-state index contributed by atoms with van der Waals surface area (Å²) in [6, 6.07) is 24.7. The van der Waals surface area contributed by atoms with Crippen LogP contribution in [-0.4, -0.2) is 72.0 Å². The molecule has 4 aromatic carbocycles. The minimum Gasteiger partial charge on any atom is -0.494 e. The first-order valence-electron chi connectivity index (χ1n) is 27.6. The Bertz CT molecular complexity index is 2320. The Morgan fingerprint density at radius 1 is 0.333 bits per heavy atom. The number of amides is 3. The molecule has 0 spiro atoms. The van der Waals surface area contributed by atoms with E-state index >= 15 is 0 Å². The van der Waals surface area contributed by atoms with Crippen molar-refractivity contribution in [2.45, 2.75) is 157 Å². The number of ketones is 3. The summed E-state index contributed by atoms with van der Waals surface area (Å²) in [6.07, 6.45) is 20.6. The van der Waals surface area contributed by atoms with Crippen molar-refractivity contribution in [3.8, 4) is 17.2 Å². The Morgan fingerprint density at radius 3 is 0.795 bits per heavy atom. The van der Waals surface area contributed by atoms with E-state index in [2.05, 4.69) is 68.3 Å². The molecule has 0 aliphatic rings. The number of Topliss-reactive ketones (excluding diaryl/α,β-unsaturated/α-hetero) is 3. The van der Waals surface area contributed by atoms with E-state index in [0.29, 0.717) is 54.1 Å². The summed E-state index contributed by atoms with van der Waals surface area (Å²) in [5.41, 5.74) is 8.12. The van der Waals surface area contributed by atoms with Gasteiger partial charge in [-0.1, -0.05) is 117 Å². The Kier molecular flexibility index (Phi) is 29.1. The molecule has 0 radical (unpaired) electrons. The van der Waals surface area contributed by atoms with Gasteiger partial charge in [0.05, 0.1) is 36.9 Å². The van der Waals surface area contributed by atoms with Gasteiger partial charge in [0.25, 0.3) is 17.7 Å². The quantitative estimate of drug-likeness (QED) is 0.0106. The fourth-order valence-corrected chi connectivity index (χ4v) is 7.74. The number of hydrogen-bond donors (Lipinski definition) is 6. The second kappa shape index (κ2) is 36.2. The molecular formula is C60H81N9O9. The molecule has 0 fully saturated rings. The van der Waals surface area contributed by atoms with Crippen molar-refractivity contribution in [3.63, 3.8) is 0 Å². The van der Waals surface area contributed by atoms with Crippen molar-refractivity contribution in [1.29, 1.82) is 0 Å². The highest BCUT2D eigenvalue weighted by Crippen LogP contribution is 2.25. The van der Waals surface area contributed by atoms with Gasteiger partial charge in [-0.15, -0.1) is 0 Å². The van der Waals surface area contributed by atoms with Crippen molar-refractivity contribution >= 4 is 86.3 Å². The Hall–Kier alpha value is -7.89. The largest absolute Gasteiger partial charge is 0.494 e. The minimum atomic E-state index is -0.933. The van der Waals surface area contributed by atoms with Crippen LogP contribution in [0.1, 0.15) is 157 Å². The predicted octanol–water partition coefficient (Wildman–Crippen LogP) is 12.9. The molecule has 6 N–H and O–H groups in total. The molecule has 0 aromatic heterocycles. The number of anilines is 6. The highest BCUT2D eigenvalue weighted by Gasteiger charge is 2.23. The fraction of sp³-hybridized carbons (Fsp3) is 0.450. The third-order valence-corrected chi connectivity index (χ3v) is 12.1. The average Bonchev–Trinajstić information content (AvgIpc) is 3.44. The van der Waals surface area contributed by atoms with Crippen LogP contribution in [0.3, 0.4) is 0 Å². The van der Waals surface area contributed by atoms with Crippen LogP contribution in [0.4, 0.5) is 34.1 Å². The van der Waals surface area contributed by atoms with Gasteiger partial charge in [-0.05, 0) is 110 Å². The van der Waals surface area contributed by atoms with Crippen molar-refractivity contribution in [2.75, 3.05) is 52.0 Å². The number of carbonyl (C=O) groups excluding carboxylic acids is 6. The van der Waals surface area contributed by atoms with Crippen molar-refractivity contribution < 1.29 is 43.0 Å². The summed E-state index contributed by atoms with van der Waals surface area (Å²) in [7, 11) is 0. The van der Waals surface area contributed by atoms with Crippen LogP contribution in [0.2, 0.25) is 0 Å². The second-order valence-corrected chi connectivity index (χ2v) is 19.0. The van der Waals surface area contributed by atoms with Crippen molar-refractivity contribution in [2.24, 2.45) is 15.3 Å². The van der Waals surface area contributed by atoms with Crippen LogP contribution in [0.5, 0.6) is 17.2 Å². The van der Waals surface area contributed by atoms with Gasteiger partial charge in [0.2, 0.25) is 0 Å². The number of ether oxygens (including phenoxy) is 3. The summed E-state index contributed by atoms with van der Waals surface area (Å²) < 4.78 is 17.6. The molecule has 3 amide bonds. The molecule has 18 heteroatoms. The van der Waals surface area contributed by atoms with Crippen LogP contribution in [0, 0.1) is 0 Å². The molecule has 0 unspecified atom stereocenters. The highest BCUT2D eigenvalue weighted by atomic mass is 16.5. The highest BCUT2D eigenvalue weighted by molar-refractivity contribution is 6.68. The van der Waals surface area contributed by atoms with Gasteiger partial charge in [-0.2, -0.15) is 15.3 Å². The molecule has 18 nitrogen and oxygen atoms in total. The predicted molar refractivity (Wildman–Crippen MR) is 313 cm³/mol. The first-order chi connectivity index (χ1) is 37.8. The zero-order valence-electron chi connectivity index (χ0n) is 46.5. The molecule has 4 aromatic rings. The zero-order valence-corrected chi connectivity index (χ0v) is 46.5. The SMILES string of the molecule is CCCCCCCCOc1ccc(N/N=C(/C(C)=O)C(=O)Nc2cc(NC(=O)/C(=N/Nc3ccc(OCCCCCCCC)cc3)C(C)=O)cc(NC(=O)/C(=N/Nc3ccc(OCCCCCCCC)cc3)C(C)=O)c2)cc1. The van der Waals surface area contributed by atoms with Gasteiger partial charge in [0.1, 0.15) is 17.2 Å². The molecular weight excluding hydrogens is 991 g/mol. The Labute approximate surface area is 460 Å². The summed E-state index contributed by atoms with van der Waals surface area (Å²) in [6.45, 7) is 11.8. The number of rotatable bonds is 39. The fourth-order valence-electron chi connectivity index (χ4n) is 7.74. The number of nitrogens with zero attached hydrogens (tertiary/aromatic N) is 3. The number of carbonyl (C=O) groups is 6. The smallest absolute Gasteiger partial charge is 0.279 e. The van der Waals surface area contributed by atoms with Crippen molar-refractivity contribution in [3.05, 3.63) is 91.0 Å². The summed E-state index contributed by atoms with van der Waals surface area (Å²) in [4.78, 5) is 79.8. The van der Waals surface area contributed by atoms with E-state index in [1.807, 2.05) is 0 Å². The minimum absolute atomic E-state index is 0.0228. The van der Waals surface area contributed by atoms with Crippen LogP contribution < -0.4 is 46.4 Å². The monoisotopic (exact) mass is 1070 g/mol. The third kappa shape index (κ3) is 24.4. The van der Waals surface area contributed by atoms with Gasteiger partial charge >= 0.3 is 0 Å². The molecule has 78 heavy (non-hydrogen) atoms. The van der Waals surface area contributed by atoms with Gasteiger partial charge in [0, 0.05) is 37.8 Å². The molecule has 0 atom stereocenters. The number of unbranched alkanes of at least 4 members (excludes halogenated alkanes) is 15. The van der Waals surface area contributed by atoms with E-state index < -0.39 is 52.2 Å². The summed E-state index contributed by atoms with van der Waals surface area (Å²) >= 11 is 0. The van der Waals surface area contributed by atoms with E-state index in [1.54, 1.807) is 72.8 Å². The Morgan fingerprint density at radius 2 is 0.564 bits per heavy atom. The zero-order chi connectivity index (χ0) is 56.3. The number of nitrogens with one attached hydrogen (secondary N) is 6. The van der Waals surface area contributed by atoms with E-state index in [4.69, 9.17) is 14.2 Å². The third-order valence-electron chi connectivity index (χ3n) is 12.1. The molecule has 0 aliphatic heterocycles. The van der Waals surface area contributed by atoms with Gasteiger partial charge in [0.15, 0.2) is 34.5 Å². The second-order valence-electron chi connectivity index (χ2n) is 19.0. The van der Waals surface area contributed by atoms with E-state index in [1.165, 1.54) is 116 Å². The normalized spacial score (nSPS) is 11.5. The first-order valence-corrected chi connectivity index (χ1v) is 27.6. The molecule has 0 bridgehead atoms. The van der Waals surface area contributed by atoms with Crippen LogP contribution >= 0.6 is 0 Å². The molecule has 0 saturated heterocycles. The lowest BCUT2D eigenvalue weighted by atomic mass is 10.1. The first kappa shape index (κ1) is 62.6. The molecule has 420 valence electrons.